The molecule has 8 heteroatoms. The van der Waals surface area contributed by atoms with Gasteiger partial charge in [-0.2, -0.15) is 4.80 Å². The Morgan fingerprint density at radius 1 is 1.07 bits per heavy atom. The Balaban J connectivity index is 1.72. The topological polar surface area (TPSA) is 110 Å². The normalized spacial score (nSPS) is 12.0. The number of carboxylic acids is 1. The zero-order valence-electron chi connectivity index (χ0n) is 16.3. The Hall–Kier alpha value is -3.55. The maximum Gasteiger partial charge on any atom is 0.303 e. The average Bonchev–Trinajstić information content (AvgIpc) is 3.17. The lowest BCUT2D eigenvalue weighted by molar-refractivity contribution is -0.137. The number of benzene rings is 2. The molecule has 0 radical (unpaired) electrons. The predicted octanol–water partition coefficient (Wildman–Crippen LogP) is 3.19. The summed E-state index contributed by atoms with van der Waals surface area (Å²) in [6, 6.07) is 16.0. The number of hydrogen-bond donors (Lipinski definition) is 2. The first-order chi connectivity index (χ1) is 13.9. The smallest absolute Gasteiger partial charge is 0.303 e. The van der Waals surface area contributed by atoms with Gasteiger partial charge in [0.15, 0.2) is 6.04 Å². The summed E-state index contributed by atoms with van der Waals surface area (Å²) in [4.78, 5) is 24.9. The molecule has 1 amide bonds. The number of anilines is 1. The van der Waals surface area contributed by atoms with Gasteiger partial charge >= 0.3 is 5.97 Å². The van der Waals surface area contributed by atoms with Crippen LogP contribution >= 0.6 is 0 Å². The molecule has 0 bridgehead atoms. The van der Waals surface area contributed by atoms with Crippen LogP contribution in [0.15, 0.2) is 54.6 Å². The summed E-state index contributed by atoms with van der Waals surface area (Å²) in [6.45, 7) is 3.84. The molecule has 2 aromatic carbocycles. The summed E-state index contributed by atoms with van der Waals surface area (Å²) >= 11 is 0. The number of tetrazole rings is 1. The van der Waals surface area contributed by atoms with Crippen LogP contribution in [0.4, 0.5) is 5.69 Å². The van der Waals surface area contributed by atoms with Crippen LogP contribution < -0.4 is 5.32 Å². The number of aromatic nitrogens is 4. The van der Waals surface area contributed by atoms with Crippen LogP contribution in [0.5, 0.6) is 0 Å². The number of nitrogens with one attached hydrogen (secondary N) is 1. The van der Waals surface area contributed by atoms with Gasteiger partial charge in [0, 0.05) is 17.7 Å². The molecule has 0 fully saturated rings. The highest BCUT2D eigenvalue weighted by molar-refractivity contribution is 5.93. The molecule has 0 spiro atoms. The van der Waals surface area contributed by atoms with Gasteiger partial charge in [0.25, 0.3) is 5.91 Å². The second-order valence-corrected chi connectivity index (χ2v) is 7.07. The van der Waals surface area contributed by atoms with Crippen LogP contribution in [0, 0.1) is 5.92 Å². The summed E-state index contributed by atoms with van der Waals surface area (Å²) in [5, 5.41) is 24.2. The van der Waals surface area contributed by atoms with Crippen molar-refractivity contribution in [2.75, 3.05) is 5.32 Å². The number of hydrogen-bond acceptors (Lipinski definition) is 5. The molecule has 3 rings (SSSR count). The second kappa shape index (κ2) is 9.09. The zero-order chi connectivity index (χ0) is 20.8. The lowest BCUT2D eigenvalue weighted by atomic mass is 10.0. The first-order valence-corrected chi connectivity index (χ1v) is 9.40. The molecule has 1 heterocycles. The molecule has 0 saturated carbocycles. The quantitative estimate of drug-likeness (QED) is 0.608. The fourth-order valence-electron chi connectivity index (χ4n) is 2.94. The minimum Gasteiger partial charge on any atom is -0.481 e. The van der Waals surface area contributed by atoms with Crippen molar-refractivity contribution in [3.63, 3.8) is 0 Å². The molecule has 150 valence electrons. The number of nitrogens with zero attached hydrogens (tertiary/aromatic N) is 4. The summed E-state index contributed by atoms with van der Waals surface area (Å²) in [5.74, 6) is -0.665. The molecule has 0 aliphatic heterocycles. The van der Waals surface area contributed by atoms with Crippen LogP contribution in [0.3, 0.4) is 0 Å². The van der Waals surface area contributed by atoms with Crippen LogP contribution in [-0.2, 0) is 16.0 Å². The highest BCUT2D eigenvalue weighted by Gasteiger charge is 2.27. The van der Waals surface area contributed by atoms with E-state index in [9.17, 15) is 9.59 Å². The number of carbonyl (C=O) groups excluding carboxylic acids is 1. The van der Waals surface area contributed by atoms with Crippen molar-refractivity contribution < 1.29 is 14.7 Å². The SMILES string of the molecule is CC(C)C(C(=O)Nc1ccc(CCC(=O)O)cc1)n1nnc(-c2ccccc2)n1. The Kier molecular flexibility index (Phi) is 6.33. The van der Waals surface area contributed by atoms with E-state index in [0.29, 0.717) is 17.9 Å². The molecule has 2 N–H and O–H groups in total. The average molecular weight is 393 g/mol. The molecule has 1 unspecified atom stereocenters. The summed E-state index contributed by atoms with van der Waals surface area (Å²) in [5.41, 5.74) is 2.36. The largest absolute Gasteiger partial charge is 0.481 e. The van der Waals surface area contributed by atoms with E-state index < -0.39 is 12.0 Å². The van der Waals surface area contributed by atoms with Crippen LogP contribution in [0.2, 0.25) is 0 Å². The lowest BCUT2D eigenvalue weighted by Crippen LogP contribution is -2.31. The number of rotatable bonds is 8. The minimum atomic E-state index is -0.836. The van der Waals surface area contributed by atoms with Gasteiger partial charge in [-0.1, -0.05) is 56.3 Å². The first kappa shape index (κ1) is 20.2. The van der Waals surface area contributed by atoms with E-state index in [4.69, 9.17) is 5.11 Å². The van der Waals surface area contributed by atoms with Gasteiger partial charge < -0.3 is 10.4 Å². The van der Waals surface area contributed by atoms with E-state index in [0.717, 1.165) is 11.1 Å². The molecule has 0 aliphatic carbocycles. The van der Waals surface area contributed by atoms with Crippen molar-refractivity contribution in [2.45, 2.75) is 32.7 Å². The second-order valence-electron chi connectivity index (χ2n) is 7.07. The van der Waals surface area contributed by atoms with Gasteiger partial charge in [0.05, 0.1) is 0 Å². The molecule has 29 heavy (non-hydrogen) atoms. The molecule has 1 aromatic heterocycles. The third-order valence-corrected chi connectivity index (χ3v) is 4.46. The van der Waals surface area contributed by atoms with Gasteiger partial charge in [0.1, 0.15) is 0 Å². The maximum absolute atomic E-state index is 12.9. The van der Waals surface area contributed by atoms with E-state index in [2.05, 4.69) is 20.7 Å². The zero-order valence-corrected chi connectivity index (χ0v) is 16.3. The Bertz CT molecular complexity index is 967. The minimum absolute atomic E-state index is 0.0531. The van der Waals surface area contributed by atoms with E-state index in [1.54, 1.807) is 12.1 Å². The van der Waals surface area contributed by atoms with Crippen LogP contribution in [0.1, 0.15) is 31.9 Å². The van der Waals surface area contributed by atoms with Crippen molar-refractivity contribution in [2.24, 2.45) is 5.92 Å². The fourth-order valence-corrected chi connectivity index (χ4v) is 2.94. The van der Waals surface area contributed by atoms with Gasteiger partial charge in [-0.3, -0.25) is 9.59 Å². The van der Waals surface area contributed by atoms with Gasteiger partial charge in [-0.15, -0.1) is 10.2 Å². The Morgan fingerprint density at radius 3 is 2.38 bits per heavy atom. The van der Waals surface area contributed by atoms with E-state index >= 15 is 0 Å². The molecular formula is C21H23N5O3. The van der Waals surface area contributed by atoms with Gasteiger partial charge in [0.2, 0.25) is 5.82 Å². The molecule has 3 aromatic rings. The lowest BCUT2D eigenvalue weighted by Gasteiger charge is -2.18. The van der Waals surface area contributed by atoms with E-state index in [1.807, 2.05) is 56.3 Å². The molecular weight excluding hydrogens is 370 g/mol. The van der Waals surface area contributed by atoms with Crippen LogP contribution in [-0.4, -0.2) is 37.2 Å². The van der Waals surface area contributed by atoms with Crippen molar-refractivity contribution in [1.29, 1.82) is 0 Å². The van der Waals surface area contributed by atoms with Crippen molar-refractivity contribution >= 4 is 17.6 Å². The van der Waals surface area contributed by atoms with Gasteiger partial charge in [-0.05, 0) is 35.2 Å². The number of amides is 1. The fraction of sp³-hybridized carbons (Fsp3) is 0.286. The summed E-state index contributed by atoms with van der Waals surface area (Å²) in [7, 11) is 0. The first-order valence-electron chi connectivity index (χ1n) is 9.40. The molecule has 0 aliphatic rings. The Labute approximate surface area is 168 Å². The number of carboxylic acid groups (broad SMARTS) is 1. The summed E-state index contributed by atoms with van der Waals surface area (Å²) in [6.07, 6.45) is 0.520. The Morgan fingerprint density at radius 2 is 1.76 bits per heavy atom. The van der Waals surface area contributed by atoms with E-state index in [1.165, 1.54) is 4.80 Å². The standard InChI is InChI=1S/C21H23N5O3/c1-14(2)19(26-24-20(23-25-26)16-6-4-3-5-7-16)21(29)22-17-11-8-15(9-12-17)10-13-18(27)28/h3-9,11-12,14,19H,10,13H2,1-2H3,(H,22,29)(H,27,28). The highest BCUT2D eigenvalue weighted by Crippen LogP contribution is 2.21. The maximum atomic E-state index is 12.9. The molecule has 0 saturated heterocycles. The highest BCUT2D eigenvalue weighted by atomic mass is 16.4. The van der Waals surface area contributed by atoms with Gasteiger partial charge in [-0.25, -0.2) is 0 Å². The molecule has 1 atom stereocenters. The number of aliphatic carboxylic acids is 1. The summed E-state index contributed by atoms with van der Waals surface area (Å²) < 4.78 is 0. The van der Waals surface area contributed by atoms with Crippen LogP contribution in [0.25, 0.3) is 11.4 Å². The predicted molar refractivity (Wildman–Crippen MR) is 108 cm³/mol. The van der Waals surface area contributed by atoms with Crippen molar-refractivity contribution in [3.05, 3.63) is 60.2 Å². The van der Waals surface area contributed by atoms with Crippen molar-refractivity contribution in [3.8, 4) is 11.4 Å². The number of carbonyl (C=O) groups is 2. The third kappa shape index (κ3) is 5.25. The molecule has 8 nitrogen and oxygen atoms in total. The van der Waals surface area contributed by atoms with Crippen molar-refractivity contribution in [1.82, 2.24) is 20.2 Å². The third-order valence-electron chi connectivity index (χ3n) is 4.46. The monoisotopic (exact) mass is 393 g/mol. The number of aryl methyl sites for hydroxylation is 1. The van der Waals surface area contributed by atoms with E-state index in [-0.39, 0.29) is 18.2 Å².